The third-order valence-corrected chi connectivity index (χ3v) is 5.46. The van der Waals surface area contributed by atoms with Crippen LogP contribution in [0.15, 0.2) is 17.0 Å². The number of aliphatic hydroxyl groups excluding tert-OH is 1. The molecule has 0 aliphatic carbocycles. The number of aliphatic hydroxyl groups is 1. The van der Waals surface area contributed by atoms with Gasteiger partial charge in [-0.15, -0.1) is 0 Å². The maximum atomic E-state index is 13.8. The van der Waals surface area contributed by atoms with E-state index in [-0.39, 0.29) is 25.6 Å². The van der Waals surface area contributed by atoms with Crippen LogP contribution in [0.2, 0.25) is 0 Å². The summed E-state index contributed by atoms with van der Waals surface area (Å²) in [4.78, 5) is -0.612. The number of nitrogen functional groups attached to an aromatic ring is 1. The van der Waals surface area contributed by atoms with Crippen LogP contribution in [-0.2, 0) is 10.0 Å². The van der Waals surface area contributed by atoms with Crippen molar-refractivity contribution in [3.8, 4) is 0 Å². The molecule has 0 saturated carbocycles. The molecule has 0 unspecified atom stereocenters. The minimum absolute atomic E-state index is 0.00570. The highest BCUT2D eigenvalue weighted by molar-refractivity contribution is 7.89. The van der Waals surface area contributed by atoms with Crippen molar-refractivity contribution >= 4 is 15.7 Å². The number of hydrogen-bond acceptors (Lipinski definition) is 4. The van der Waals surface area contributed by atoms with Crippen LogP contribution in [-0.4, -0.2) is 37.5 Å². The highest BCUT2D eigenvalue weighted by Crippen LogP contribution is 2.28. The Hall–Kier alpha value is -1.25. The molecule has 1 aromatic rings. The van der Waals surface area contributed by atoms with Crippen LogP contribution in [0.4, 0.5) is 14.5 Å². The second kappa shape index (κ2) is 5.63. The minimum Gasteiger partial charge on any atom is -0.396 e. The number of benzene rings is 1. The lowest BCUT2D eigenvalue weighted by Gasteiger charge is -2.30. The van der Waals surface area contributed by atoms with Crippen molar-refractivity contribution in [2.45, 2.75) is 17.7 Å². The highest BCUT2D eigenvalue weighted by Gasteiger charge is 2.32. The van der Waals surface area contributed by atoms with Gasteiger partial charge in [-0.2, -0.15) is 4.31 Å². The van der Waals surface area contributed by atoms with Crippen molar-refractivity contribution in [3.63, 3.8) is 0 Å². The van der Waals surface area contributed by atoms with E-state index in [2.05, 4.69) is 0 Å². The summed E-state index contributed by atoms with van der Waals surface area (Å²) in [6, 6.07) is 1.72. The second-order valence-electron chi connectivity index (χ2n) is 4.80. The van der Waals surface area contributed by atoms with Crippen LogP contribution in [0.3, 0.4) is 0 Å². The van der Waals surface area contributed by atoms with Gasteiger partial charge in [0.25, 0.3) is 0 Å². The fourth-order valence-electron chi connectivity index (χ4n) is 2.22. The lowest BCUT2D eigenvalue weighted by Crippen LogP contribution is -2.39. The number of anilines is 1. The molecule has 0 amide bonds. The molecule has 0 bridgehead atoms. The van der Waals surface area contributed by atoms with Gasteiger partial charge < -0.3 is 10.8 Å². The number of nitrogens with two attached hydrogens (primary N) is 1. The highest BCUT2D eigenvalue weighted by atomic mass is 32.2. The summed E-state index contributed by atoms with van der Waals surface area (Å²) < 4.78 is 52.7. The standard InChI is InChI=1S/C12H16F2N2O3S/c13-9-1-2-10(11(14)12(9)15)20(18,19)16-5-3-8(7-17)4-6-16/h1-2,8,17H,3-7,15H2. The molecule has 0 atom stereocenters. The van der Waals surface area contributed by atoms with Crippen molar-refractivity contribution in [1.82, 2.24) is 4.31 Å². The zero-order valence-electron chi connectivity index (χ0n) is 10.7. The molecule has 1 fully saturated rings. The maximum absolute atomic E-state index is 13.8. The van der Waals surface area contributed by atoms with E-state index in [9.17, 15) is 17.2 Å². The molecule has 0 spiro atoms. The van der Waals surface area contributed by atoms with Crippen LogP contribution in [0, 0.1) is 17.6 Å². The fourth-order valence-corrected chi connectivity index (χ4v) is 3.77. The van der Waals surface area contributed by atoms with E-state index >= 15 is 0 Å². The Kier molecular flexibility index (Phi) is 4.26. The van der Waals surface area contributed by atoms with Crippen LogP contribution < -0.4 is 5.73 Å². The van der Waals surface area contributed by atoms with Crippen LogP contribution >= 0.6 is 0 Å². The first-order chi connectivity index (χ1) is 9.37. The number of sulfonamides is 1. The molecule has 0 aromatic heterocycles. The predicted octanol–water partition coefficient (Wildman–Crippen LogP) is 0.940. The van der Waals surface area contributed by atoms with Crippen LogP contribution in [0.25, 0.3) is 0 Å². The number of nitrogens with zero attached hydrogens (tertiary/aromatic N) is 1. The molecule has 112 valence electrons. The van der Waals surface area contributed by atoms with Crippen molar-refractivity contribution in [2.75, 3.05) is 25.4 Å². The predicted molar refractivity (Wildman–Crippen MR) is 69.3 cm³/mol. The topological polar surface area (TPSA) is 83.6 Å². The quantitative estimate of drug-likeness (QED) is 0.814. The molecule has 1 aliphatic heterocycles. The molecular weight excluding hydrogens is 290 g/mol. The van der Waals surface area contributed by atoms with Crippen molar-refractivity contribution in [3.05, 3.63) is 23.8 Å². The number of rotatable bonds is 3. The van der Waals surface area contributed by atoms with Gasteiger partial charge in [0, 0.05) is 19.7 Å². The molecule has 1 aromatic carbocycles. The average molecular weight is 306 g/mol. The Bertz CT molecular complexity index is 599. The number of halogens is 2. The van der Waals surface area contributed by atoms with Gasteiger partial charge in [-0.3, -0.25) is 0 Å². The fraction of sp³-hybridized carbons (Fsp3) is 0.500. The Balaban J connectivity index is 2.30. The number of piperidine rings is 1. The van der Waals surface area contributed by atoms with Gasteiger partial charge in [0.2, 0.25) is 10.0 Å². The molecule has 5 nitrogen and oxygen atoms in total. The van der Waals surface area contributed by atoms with Gasteiger partial charge in [0.15, 0.2) is 5.82 Å². The normalized spacial score (nSPS) is 18.4. The largest absolute Gasteiger partial charge is 0.396 e. The van der Waals surface area contributed by atoms with E-state index in [0.29, 0.717) is 12.8 Å². The summed E-state index contributed by atoms with van der Waals surface area (Å²) in [5.74, 6) is -2.18. The maximum Gasteiger partial charge on any atom is 0.246 e. The Labute approximate surface area is 116 Å². The van der Waals surface area contributed by atoms with E-state index in [1.54, 1.807) is 0 Å². The Morgan fingerprint density at radius 3 is 2.45 bits per heavy atom. The summed E-state index contributed by atoms with van der Waals surface area (Å²) in [5, 5.41) is 9.02. The Morgan fingerprint density at radius 1 is 1.30 bits per heavy atom. The van der Waals surface area contributed by atoms with E-state index in [1.165, 1.54) is 0 Å². The van der Waals surface area contributed by atoms with E-state index in [4.69, 9.17) is 10.8 Å². The number of hydrogen-bond donors (Lipinski definition) is 2. The first-order valence-electron chi connectivity index (χ1n) is 6.22. The second-order valence-corrected chi connectivity index (χ2v) is 6.71. The molecular formula is C12H16F2N2O3S. The van der Waals surface area contributed by atoms with E-state index in [1.807, 2.05) is 0 Å². The van der Waals surface area contributed by atoms with Crippen LogP contribution in [0.1, 0.15) is 12.8 Å². The zero-order chi connectivity index (χ0) is 14.9. The smallest absolute Gasteiger partial charge is 0.246 e. The first-order valence-corrected chi connectivity index (χ1v) is 7.66. The SMILES string of the molecule is Nc1c(F)ccc(S(=O)(=O)N2CCC(CO)CC2)c1F. The van der Waals surface area contributed by atoms with Crippen molar-refractivity contribution in [1.29, 1.82) is 0 Å². The van der Waals surface area contributed by atoms with Crippen LogP contribution in [0.5, 0.6) is 0 Å². The monoisotopic (exact) mass is 306 g/mol. The van der Waals surface area contributed by atoms with Gasteiger partial charge >= 0.3 is 0 Å². The summed E-state index contributed by atoms with van der Waals surface area (Å²) in [5.41, 5.74) is 4.39. The average Bonchev–Trinajstić information content (AvgIpc) is 2.44. The summed E-state index contributed by atoms with van der Waals surface area (Å²) in [6.07, 6.45) is 1.02. The first kappa shape index (κ1) is 15.1. The summed E-state index contributed by atoms with van der Waals surface area (Å²) >= 11 is 0. The molecule has 0 radical (unpaired) electrons. The summed E-state index contributed by atoms with van der Waals surface area (Å²) in [6.45, 7) is 0.403. The molecule has 2 rings (SSSR count). The lowest BCUT2D eigenvalue weighted by molar-refractivity contribution is 0.170. The third-order valence-electron chi connectivity index (χ3n) is 3.54. The molecule has 3 N–H and O–H groups in total. The van der Waals surface area contributed by atoms with E-state index in [0.717, 1.165) is 16.4 Å². The molecule has 1 aliphatic rings. The van der Waals surface area contributed by atoms with Gasteiger partial charge in [-0.05, 0) is 30.9 Å². The van der Waals surface area contributed by atoms with Gasteiger partial charge in [0.05, 0.1) is 0 Å². The lowest BCUT2D eigenvalue weighted by atomic mass is 10.00. The molecule has 1 saturated heterocycles. The molecule has 8 heteroatoms. The summed E-state index contributed by atoms with van der Waals surface area (Å²) in [7, 11) is -4.03. The van der Waals surface area contributed by atoms with Gasteiger partial charge in [0.1, 0.15) is 16.4 Å². The molecule has 1 heterocycles. The minimum atomic E-state index is -4.03. The zero-order valence-corrected chi connectivity index (χ0v) is 11.5. The van der Waals surface area contributed by atoms with E-state index < -0.39 is 32.2 Å². The van der Waals surface area contributed by atoms with Gasteiger partial charge in [-0.25, -0.2) is 17.2 Å². The van der Waals surface area contributed by atoms with Crippen molar-refractivity contribution < 1.29 is 22.3 Å². The van der Waals surface area contributed by atoms with Gasteiger partial charge in [-0.1, -0.05) is 0 Å². The Morgan fingerprint density at radius 2 is 1.90 bits per heavy atom. The third kappa shape index (κ3) is 2.63. The molecule has 20 heavy (non-hydrogen) atoms. The van der Waals surface area contributed by atoms with Crippen molar-refractivity contribution in [2.24, 2.45) is 5.92 Å².